The van der Waals surface area contributed by atoms with Crippen LogP contribution in [0.1, 0.15) is 37.4 Å². The third-order valence-electron chi connectivity index (χ3n) is 3.78. The van der Waals surface area contributed by atoms with Gasteiger partial charge in [-0.2, -0.15) is 0 Å². The Morgan fingerprint density at radius 1 is 1.09 bits per heavy atom. The summed E-state index contributed by atoms with van der Waals surface area (Å²) in [6.07, 6.45) is -0.671. The van der Waals surface area contributed by atoms with Gasteiger partial charge in [0.15, 0.2) is 0 Å². The summed E-state index contributed by atoms with van der Waals surface area (Å²) in [6.45, 7) is 3.72. The summed E-state index contributed by atoms with van der Waals surface area (Å²) in [5.41, 5.74) is 1.54. The van der Waals surface area contributed by atoms with E-state index in [-0.39, 0.29) is 24.1 Å². The third kappa shape index (κ3) is 4.89. The number of hydrogen-bond donors (Lipinski definition) is 2. The summed E-state index contributed by atoms with van der Waals surface area (Å²) in [7, 11) is 0. The molecule has 122 valence electrons. The molecule has 3 nitrogen and oxygen atoms in total. The molecule has 1 amide bonds. The molecule has 0 aliphatic carbocycles. The van der Waals surface area contributed by atoms with Gasteiger partial charge >= 0.3 is 0 Å². The Morgan fingerprint density at radius 2 is 1.74 bits per heavy atom. The first-order valence-corrected chi connectivity index (χ1v) is 7.75. The largest absolute Gasteiger partial charge is 0.392 e. The van der Waals surface area contributed by atoms with Crippen LogP contribution in [0, 0.1) is 11.7 Å². The minimum Gasteiger partial charge on any atom is -0.392 e. The van der Waals surface area contributed by atoms with Crippen molar-refractivity contribution in [2.24, 2.45) is 5.92 Å². The van der Waals surface area contributed by atoms with Gasteiger partial charge in [-0.25, -0.2) is 4.39 Å². The summed E-state index contributed by atoms with van der Waals surface area (Å²) in [5.74, 6) is -0.602. The number of carbonyl (C=O) groups is 1. The molecule has 2 rings (SSSR count). The second kappa shape index (κ2) is 7.88. The van der Waals surface area contributed by atoms with Gasteiger partial charge in [-0.1, -0.05) is 56.3 Å². The fraction of sp³-hybridized carbons (Fsp3) is 0.316. The Hall–Kier alpha value is -2.20. The van der Waals surface area contributed by atoms with Crippen LogP contribution < -0.4 is 5.32 Å². The predicted molar refractivity (Wildman–Crippen MR) is 88.3 cm³/mol. The van der Waals surface area contributed by atoms with Gasteiger partial charge < -0.3 is 10.4 Å². The van der Waals surface area contributed by atoms with Crippen LogP contribution >= 0.6 is 0 Å². The highest BCUT2D eigenvalue weighted by Crippen LogP contribution is 2.23. The fourth-order valence-electron chi connectivity index (χ4n) is 2.34. The minimum atomic E-state index is -0.695. The highest BCUT2D eigenvalue weighted by Gasteiger charge is 2.20. The van der Waals surface area contributed by atoms with Crippen LogP contribution in [0.3, 0.4) is 0 Å². The van der Waals surface area contributed by atoms with Gasteiger partial charge in [0.2, 0.25) is 5.91 Å². The number of nitrogens with one attached hydrogen (secondary N) is 1. The van der Waals surface area contributed by atoms with E-state index >= 15 is 0 Å². The van der Waals surface area contributed by atoms with Crippen molar-refractivity contribution in [1.82, 2.24) is 5.32 Å². The second-order valence-electron chi connectivity index (χ2n) is 5.98. The molecule has 0 spiro atoms. The maximum absolute atomic E-state index is 13.5. The van der Waals surface area contributed by atoms with E-state index in [1.807, 2.05) is 44.2 Å². The topological polar surface area (TPSA) is 49.3 Å². The first kappa shape index (κ1) is 17.2. The van der Waals surface area contributed by atoms with Crippen molar-refractivity contribution in [3.8, 4) is 0 Å². The van der Waals surface area contributed by atoms with Crippen LogP contribution in [0.2, 0.25) is 0 Å². The molecule has 0 aromatic heterocycles. The van der Waals surface area contributed by atoms with Crippen molar-refractivity contribution in [3.63, 3.8) is 0 Å². The van der Waals surface area contributed by atoms with Crippen LogP contribution in [-0.4, -0.2) is 17.1 Å². The number of halogens is 1. The molecule has 0 aliphatic rings. The average molecular weight is 315 g/mol. The molecule has 0 saturated carbocycles. The molecule has 0 saturated heterocycles. The lowest BCUT2D eigenvalue weighted by molar-refractivity contribution is -0.124. The first-order valence-electron chi connectivity index (χ1n) is 7.75. The summed E-state index contributed by atoms with van der Waals surface area (Å²) < 4.78 is 13.5. The molecule has 0 fully saturated rings. The van der Waals surface area contributed by atoms with Crippen molar-refractivity contribution in [3.05, 3.63) is 71.5 Å². The maximum Gasteiger partial charge on any atom is 0.223 e. The Bertz CT molecular complexity index is 643. The summed E-state index contributed by atoms with van der Waals surface area (Å²) in [5, 5.41) is 12.8. The number of aliphatic hydroxyl groups excluding tert-OH is 1. The zero-order valence-corrected chi connectivity index (χ0v) is 13.4. The van der Waals surface area contributed by atoms with Crippen molar-refractivity contribution in [2.75, 3.05) is 0 Å². The van der Waals surface area contributed by atoms with Gasteiger partial charge in [0, 0.05) is 0 Å². The molecule has 23 heavy (non-hydrogen) atoms. The molecular formula is C19H22FNO2. The number of benzene rings is 2. The smallest absolute Gasteiger partial charge is 0.223 e. The molecule has 2 aromatic rings. The van der Waals surface area contributed by atoms with Crippen molar-refractivity contribution < 1.29 is 14.3 Å². The highest BCUT2D eigenvalue weighted by molar-refractivity contribution is 5.77. The van der Waals surface area contributed by atoms with Gasteiger partial charge in [0.1, 0.15) is 5.82 Å². The summed E-state index contributed by atoms with van der Waals surface area (Å²) in [4.78, 5) is 12.2. The third-order valence-corrected chi connectivity index (χ3v) is 3.78. The molecule has 2 atom stereocenters. The van der Waals surface area contributed by atoms with E-state index in [4.69, 9.17) is 0 Å². The van der Waals surface area contributed by atoms with E-state index in [1.54, 1.807) is 12.1 Å². The molecule has 0 heterocycles. The monoisotopic (exact) mass is 315 g/mol. The molecule has 0 bridgehead atoms. The Labute approximate surface area is 136 Å². The van der Waals surface area contributed by atoms with Gasteiger partial charge in [-0.15, -0.1) is 0 Å². The zero-order chi connectivity index (χ0) is 16.8. The van der Waals surface area contributed by atoms with E-state index in [2.05, 4.69) is 5.32 Å². The zero-order valence-electron chi connectivity index (χ0n) is 13.4. The average Bonchev–Trinajstić information content (AvgIpc) is 2.53. The van der Waals surface area contributed by atoms with Crippen LogP contribution in [0.15, 0.2) is 54.6 Å². The Balaban J connectivity index is 2.23. The lowest BCUT2D eigenvalue weighted by Gasteiger charge is -2.21. The van der Waals surface area contributed by atoms with Crippen molar-refractivity contribution in [1.29, 1.82) is 0 Å². The van der Waals surface area contributed by atoms with Crippen LogP contribution in [0.4, 0.5) is 4.39 Å². The second-order valence-corrected chi connectivity index (χ2v) is 5.98. The van der Waals surface area contributed by atoms with E-state index in [1.165, 1.54) is 12.1 Å². The van der Waals surface area contributed by atoms with E-state index in [0.29, 0.717) is 5.56 Å². The van der Waals surface area contributed by atoms with E-state index in [9.17, 15) is 14.3 Å². The molecule has 2 unspecified atom stereocenters. The lowest BCUT2D eigenvalue weighted by Crippen LogP contribution is -2.33. The summed E-state index contributed by atoms with van der Waals surface area (Å²) >= 11 is 0. The van der Waals surface area contributed by atoms with Gasteiger partial charge in [-0.3, -0.25) is 4.79 Å². The van der Waals surface area contributed by atoms with Crippen molar-refractivity contribution in [2.45, 2.75) is 32.4 Å². The summed E-state index contributed by atoms with van der Waals surface area (Å²) in [6, 6.07) is 15.1. The van der Waals surface area contributed by atoms with E-state index in [0.717, 1.165) is 5.56 Å². The van der Waals surface area contributed by atoms with Gasteiger partial charge in [0.25, 0.3) is 0 Å². The number of carbonyl (C=O) groups excluding carboxylic acids is 1. The molecule has 2 N–H and O–H groups in total. The normalized spacial score (nSPS) is 13.6. The number of aliphatic hydroxyl groups is 1. The standard InChI is InChI=1S/C19H22FNO2/c1-13(2)17(22)12-18(23)21-19(14-7-4-3-5-8-14)15-9-6-10-16(20)11-15/h3-11,13,17,19,22H,12H2,1-2H3,(H,21,23). The number of rotatable bonds is 6. The minimum absolute atomic E-state index is 0.00472. The van der Waals surface area contributed by atoms with Gasteiger partial charge in [-0.05, 0) is 29.2 Å². The Morgan fingerprint density at radius 3 is 2.35 bits per heavy atom. The number of hydrogen-bond acceptors (Lipinski definition) is 2. The highest BCUT2D eigenvalue weighted by atomic mass is 19.1. The van der Waals surface area contributed by atoms with Crippen LogP contribution in [-0.2, 0) is 4.79 Å². The van der Waals surface area contributed by atoms with Crippen molar-refractivity contribution >= 4 is 5.91 Å². The molecule has 2 aromatic carbocycles. The fourth-order valence-corrected chi connectivity index (χ4v) is 2.34. The lowest BCUT2D eigenvalue weighted by atomic mass is 9.97. The maximum atomic E-state index is 13.5. The molecule has 4 heteroatoms. The molecule has 0 radical (unpaired) electrons. The first-order chi connectivity index (χ1) is 11.0. The van der Waals surface area contributed by atoms with Gasteiger partial charge in [0.05, 0.1) is 18.6 Å². The SMILES string of the molecule is CC(C)C(O)CC(=O)NC(c1ccccc1)c1cccc(F)c1. The van der Waals surface area contributed by atoms with E-state index < -0.39 is 12.1 Å². The van der Waals surface area contributed by atoms with Crippen LogP contribution in [0.25, 0.3) is 0 Å². The predicted octanol–water partition coefficient (Wildman–Crippen LogP) is 3.44. The number of amides is 1. The molecule has 0 aliphatic heterocycles. The molecular weight excluding hydrogens is 293 g/mol. The quantitative estimate of drug-likeness (QED) is 0.858. The van der Waals surface area contributed by atoms with Crippen LogP contribution in [0.5, 0.6) is 0 Å². The Kier molecular flexibility index (Phi) is 5.88.